The summed E-state index contributed by atoms with van der Waals surface area (Å²) in [6.45, 7) is 4.00. The Labute approximate surface area is 105 Å². The van der Waals surface area contributed by atoms with E-state index in [1.807, 2.05) is 6.92 Å². The molecule has 2 rings (SSSR count). The lowest BCUT2D eigenvalue weighted by atomic mass is 10.1. The van der Waals surface area contributed by atoms with Gasteiger partial charge < -0.3 is 14.4 Å². The zero-order valence-corrected chi connectivity index (χ0v) is 10.6. The van der Waals surface area contributed by atoms with Crippen molar-refractivity contribution in [3.05, 3.63) is 17.7 Å². The van der Waals surface area contributed by atoms with Gasteiger partial charge in [-0.3, -0.25) is 9.59 Å². The smallest absolute Gasteiger partial charge is 0.267 e. The third-order valence-corrected chi connectivity index (χ3v) is 2.83. The third kappa shape index (κ3) is 1.92. The molecule has 1 atom stereocenters. The van der Waals surface area contributed by atoms with Gasteiger partial charge in [-0.05, 0) is 26.0 Å². The van der Waals surface area contributed by atoms with Crippen LogP contribution in [-0.2, 0) is 4.79 Å². The van der Waals surface area contributed by atoms with Crippen LogP contribution < -0.4 is 14.4 Å². The van der Waals surface area contributed by atoms with E-state index >= 15 is 0 Å². The van der Waals surface area contributed by atoms with Gasteiger partial charge in [0.05, 0.1) is 12.3 Å². The molecule has 18 heavy (non-hydrogen) atoms. The van der Waals surface area contributed by atoms with Gasteiger partial charge in [0, 0.05) is 12.6 Å². The molecule has 1 aromatic carbocycles. The first-order chi connectivity index (χ1) is 8.58. The van der Waals surface area contributed by atoms with Gasteiger partial charge in [-0.25, -0.2) is 0 Å². The Bertz CT molecular complexity index is 498. The Balaban J connectivity index is 2.58. The number of carbonyl (C=O) groups excluding carboxylic acids is 2. The van der Waals surface area contributed by atoms with E-state index in [0.29, 0.717) is 29.4 Å². The lowest BCUT2D eigenvalue weighted by Gasteiger charge is -2.31. The number of anilines is 1. The normalized spacial score (nSPS) is 18.1. The molecule has 0 saturated carbocycles. The summed E-state index contributed by atoms with van der Waals surface area (Å²) in [6, 6.07) is 3.24. The van der Waals surface area contributed by atoms with Crippen molar-refractivity contribution in [3.63, 3.8) is 0 Å². The number of fused-ring (bicyclic) bond motifs is 1. The number of hydrogen-bond donors (Lipinski definition) is 0. The van der Waals surface area contributed by atoms with Gasteiger partial charge in [-0.15, -0.1) is 0 Å². The molecule has 5 heteroatoms. The second-order valence-electron chi connectivity index (χ2n) is 4.08. The number of likely N-dealkylation sites (N-methyl/N-ethyl adjacent to an activating group) is 1. The Morgan fingerprint density at radius 1 is 1.50 bits per heavy atom. The van der Waals surface area contributed by atoms with Crippen LogP contribution in [0, 0.1) is 0 Å². The second kappa shape index (κ2) is 4.68. The van der Waals surface area contributed by atoms with Crippen molar-refractivity contribution < 1.29 is 19.1 Å². The number of carbonyl (C=O) groups is 2. The van der Waals surface area contributed by atoms with Crippen molar-refractivity contribution in [1.82, 2.24) is 0 Å². The van der Waals surface area contributed by atoms with Gasteiger partial charge in [-0.1, -0.05) is 0 Å². The first-order valence-electron chi connectivity index (χ1n) is 5.78. The highest BCUT2D eigenvalue weighted by Gasteiger charge is 2.31. The highest BCUT2D eigenvalue weighted by atomic mass is 16.5. The average Bonchev–Trinajstić information content (AvgIpc) is 2.37. The van der Waals surface area contributed by atoms with Crippen molar-refractivity contribution >= 4 is 17.9 Å². The molecular formula is C13H15NO4. The van der Waals surface area contributed by atoms with Crippen LogP contribution in [0.25, 0.3) is 0 Å². The Morgan fingerprint density at radius 3 is 2.83 bits per heavy atom. The summed E-state index contributed by atoms with van der Waals surface area (Å²) in [6.07, 6.45) is 0.169. The highest BCUT2D eigenvalue weighted by molar-refractivity contribution is 6.01. The number of ether oxygens (including phenoxy) is 2. The topological polar surface area (TPSA) is 55.8 Å². The highest BCUT2D eigenvalue weighted by Crippen LogP contribution is 2.42. The van der Waals surface area contributed by atoms with Gasteiger partial charge in [0.2, 0.25) is 0 Å². The van der Waals surface area contributed by atoms with Crippen LogP contribution in [0.1, 0.15) is 24.2 Å². The molecule has 96 valence electrons. The van der Waals surface area contributed by atoms with E-state index in [9.17, 15) is 9.59 Å². The van der Waals surface area contributed by atoms with Crippen LogP contribution in [0.4, 0.5) is 5.69 Å². The van der Waals surface area contributed by atoms with Crippen LogP contribution in [0.2, 0.25) is 0 Å². The van der Waals surface area contributed by atoms with E-state index in [2.05, 4.69) is 0 Å². The fraction of sp³-hybridized carbons (Fsp3) is 0.385. The minimum absolute atomic E-state index is 0.145. The first-order valence-corrected chi connectivity index (χ1v) is 5.78. The summed E-state index contributed by atoms with van der Waals surface area (Å²) in [5, 5.41) is 0. The van der Waals surface area contributed by atoms with Crippen molar-refractivity contribution in [2.24, 2.45) is 0 Å². The minimum Gasteiger partial charge on any atom is -0.490 e. The van der Waals surface area contributed by atoms with Crippen LogP contribution in [-0.4, -0.2) is 32.0 Å². The summed E-state index contributed by atoms with van der Waals surface area (Å²) in [4.78, 5) is 24.2. The molecule has 1 aromatic rings. The maximum atomic E-state index is 11.8. The van der Waals surface area contributed by atoms with E-state index in [-0.39, 0.29) is 5.91 Å². The number of amides is 1. The molecule has 0 saturated heterocycles. The summed E-state index contributed by atoms with van der Waals surface area (Å²) >= 11 is 0. The fourth-order valence-electron chi connectivity index (χ4n) is 1.93. The molecule has 1 heterocycles. The molecule has 5 nitrogen and oxygen atoms in total. The van der Waals surface area contributed by atoms with E-state index in [1.54, 1.807) is 26.1 Å². The van der Waals surface area contributed by atoms with Crippen LogP contribution in [0.15, 0.2) is 12.1 Å². The maximum absolute atomic E-state index is 11.8. The lowest BCUT2D eigenvalue weighted by molar-refractivity contribution is -0.125. The van der Waals surface area contributed by atoms with Gasteiger partial charge in [0.25, 0.3) is 5.91 Å². The molecule has 0 radical (unpaired) electrons. The van der Waals surface area contributed by atoms with Crippen LogP contribution in [0.3, 0.4) is 0 Å². The largest absolute Gasteiger partial charge is 0.490 e. The standard InChI is InChI=1S/C13H15NO4/c1-4-17-11-6-9(7-15)5-10-12(11)18-8(2)13(16)14(10)3/h5-8H,4H2,1-3H3. The Kier molecular flexibility index (Phi) is 3.23. The Morgan fingerprint density at radius 2 is 2.22 bits per heavy atom. The van der Waals surface area contributed by atoms with E-state index in [1.165, 1.54) is 4.90 Å². The quantitative estimate of drug-likeness (QED) is 0.764. The van der Waals surface area contributed by atoms with Gasteiger partial charge >= 0.3 is 0 Å². The third-order valence-electron chi connectivity index (χ3n) is 2.83. The first kappa shape index (κ1) is 12.4. The number of aldehydes is 1. The zero-order valence-electron chi connectivity index (χ0n) is 10.6. The lowest BCUT2D eigenvalue weighted by Crippen LogP contribution is -2.42. The predicted octanol–water partition coefficient (Wildman–Crippen LogP) is 1.64. The molecule has 0 spiro atoms. The molecular weight excluding hydrogens is 234 g/mol. The summed E-state index contributed by atoms with van der Waals surface area (Å²) in [5.41, 5.74) is 1.01. The average molecular weight is 249 g/mol. The fourth-order valence-corrected chi connectivity index (χ4v) is 1.93. The molecule has 0 aliphatic carbocycles. The molecule has 1 aliphatic heterocycles. The number of rotatable bonds is 3. The predicted molar refractivity (Wildman–Crippen MR) is 66.5 cm³/mol. The zero-order chi connectivity index (χ0) is 13.3. The van der Waals surface area contributed by atoms with Crippen molar-refractivity contribution in [2.45, 2.75) is 20.0 Å². The summed E-state index contributed by atoms with van der Waals surface area (Å²) in [7, 11) is 1.66. The molecule has 1 aliphatic rings. The van der Waals surface area contributed by atoms with Gasteiger partial charge in [-0.2, -0.15) is 0 Å². The number of benzene rings is 1. The van der Waals surface area contributed by atoms with E-state index in [4.69, 9.17) is 9.47 Å². The second-order valence-corrected chi connectivity index (χ2v) is 4.08. The van der Waals surface area contributed by atoms with E-state index < -0.39 is 6.10 Å². The van der Waals surface area contributed by atoms with Gasteiger partial charge in [0.15, 0.2) is 17.6 Å². The van der Waals surface area contributed by atoms with Gasteiger partial charge in [0.1, 0.15) is 6.29 Å². The number of hydrogen-bond acceptors (Lipinski definition) is 4. The Hall–Kier alpha value is -2.04. The summed E-state index contributed by atoms with van der Waals surface area (Å²) in [5.74, 6) is 0.855. The summed E-state index contributed by atoms with van der Waals surface area (Å²) < 4.78 is 11.0. The van der Waals surface area contributed by atoms with Crippen molar-refractivity contribution in [2.75, 3.05) is 18.6 Å². The monoisotopic (exact) mass is 249 g/mol. The number of nitrogens with zero attached hydrogens (tertiary/aromatic N) is 1. The molecule has 1 amide bonds. The van der Waals surface area contributed by atoms with E-state index in [0.717, 1.165) is 6.29 Å². The molecule has 0 bridgehead atoms. The minimum atomic E-state index is -0.552. The van der Waals surface area contributed by atoms with Crippen molar-refractivity contribution in [1.29, 1.82) is 0 Å². The van der Waals surface area contributed by atoms with Crippen molar-refractivity contribution in [3.8, 4) is 11.5 Å². The molecule has 0 fully saturated rings. The molecule has 0 aromatic heterocycles. The molecule has 0 N–H and O–H groups in total. The molecule has 1 unspecified atom stereocenters. The maximum Gasteiger partial charge on any atom is 0.267 e. The van der Waals surface area contributed by atoms with Crippen LogP contribution >= 0.6 is 0 Å². The SMILES string of the molecule is CCOc1cc(C=O)cc2c1OC(C)C(=O)N2C. The van der Waals surface area contributed by atoms with Crippen LogP contribution in [0.5, 0.6) is 11.5 Å².